The molecule has 14 rings (SSSR count). The number of fused-ring (bicyclic) bond motifs is 10. The van der Waals surface area contributed by atoms with Crippen LogP contribution in [0.3, 0.4) is 0 Å². The Bertz CT molecular complexity index is 4690. The molecule has 11 heterocycles. The number of hydrogen-bond acceptors (Lipinski definition) is 18. The van der Waals surface area contributed by atoms with E-state index in [-0.39, 0.29) is 55.2 Å². The van der Waals surface area contributed by atoms with Gasteiger partial charge in [0, 0.05) is 93.5 Å². The Morgan fingerprint density at radius 3 is 1.73 bits per heavy atom. The second-order valence-electron chi connectivity index (χ2n) is 26.8. The average Bonchev–Trinajstić information content (AvgIpc) is 1.60. The van der Waals surface area contributed by atoms with Crippen LogP contribution in [0, 0.1) is 55.4 Å². The number of nitrogens with zero attached hydrogens (tertiary/aromatic N) is 12. The summed E-state index contributed by atoms with van der Waals surface area (Å²) in [4.78, 5) is 68.9. The smallest absolute Gasteiger partial charge is 0.315 e. The summed E-state index contributed by atoms with van der Waals surface area (Å²) in [5.74, 6) is 4.32. The van der Waals surface area contributed by atoms with Crippen molar-refractivity contribution < 1.29 is 23.9 Å². The summed E-state index contributed by atoms with van der Waals surface area (Å²) in [7, 11) is 0. The number of Topliss-reactive ketones (excluding diaryl/α,β-unsaturated/α-hetero) is 1. The number of unbranched alkanes of at least 4 members (excludes halogenated alkanes) is 1. The number of thioether (sulfide) groups is 1. The lowest BCUT2D eigenvalue weighted by molar-refractivity contribution is -0.155. The number of ketones is 1. The van der Waals surface area contributed by atoms with Crippen LogP contribution in [0.25, 0.3) is 15.0 Å². The monoisotopic (exact) mass is 1470 g/mol. The zero-order valence-corrected chi connectivity index (χ0v) is 63.0. The minimum Gasteiger partial charge on any atom is -0.460 e. The Hall–Kier alpha value is -7.71. The topological polar surface area (TPSA) is 243 Å². The first-order valence-corrected chi connectivity index (χ1v) is 37.5. The number of aliphatic imine (C=N–C) groups is 3. The molecule has 2 fully saturated rings. The number of carbonyl (C=O) groups is 4. The molecule has 5 aliphatic heterocycles. The molecule has 3 N–H and O–H groups in total. The van der Waals surface area contributed by atoms with Gasteiger partial charge < -0.3 is 20.7 Å². The van der Waals surface area contributed by atoms with Gasteiger partial charge in [0.05, 0.1) is 42.1 Å². The maximum absolute atomic E-state index is 13.2. The molecule has 3 amide bonds. The van der Waals surface area contributed by atoms with E-state index in [2.05, 4.69) is 106 Å². The van der Waals surface area contributed by atoms with Crippen LogP contribution in [-0.2, 0) is 24.7 Å². The van der Waals surface area contributed by atoms with Crippen molar-refractivity contribution in [3.8, 4) is 15.0 Å². The molecule has 1 unspecified atom stereocenters. The van der Waals surface area contributed by atoms with Crippen LogP contribution in [0.4, 0.5) is 4.79 Å². The normalized spacial score (nSPS) is 18.4. The summed E-state index contributed by atoms with van der Waals surface area (Å²) in [5, 5.41) is 40.5. The first kappa shape index (κ1) is 71.1. The Labute approximate surface area is 607 Å². The van der Waals surface area contributed by atoms with Gasteiger partial charge in [0.25, 0.3) is 0 Å². The second kappa shape index (κ2) is 29.1. The lowest BCUT2D eigenvalue weighted by Gasteiger charge is -2.20. The molecule has 0 spiro atoms. The van der Waals surface area contributed by atoms with Crippen LogP contribution in [0.2, 0.25) is 15.1 Å². The lowest BCUT2D eigenvalue weighted by atomic mass is 9.98. The minimum atomic E-state index is -0.565. The van der Waals surface area contributed by atoms with Crippen molar-refractivity contribution in [1.29, 1.82) is 0 Å². The van der Waals surface area contributed by atoms with Gasteiger partial charge in [0.15, 0.2) is 17.5 Å². The number of urea groups is 1. The first-order chi connectivity index (χ1) is 47.1. The van der Waals surface area contributed by atoms with E-state index in [0.717, 1.165) is 119 Å². The highest BCUT2D eigenvalue weighted by Gasteiger charge is 2.43. The van der Waals surface area contributed by atoms with Gasteiger partial charge in [0.2, 0.25) is 5.91 Å². The van der Waals surface area contributed by atoms with Crippen LogP contribution in [-0.4, -0.2) is 120 Å². The van der Waals surface area contributed by atoms with Crippen LogP contribution >= 0.6 is 80.6 Å². The molecule has 6 aromatic heterocycles. The second-order valence-corrected chi connectivity index (χ2v) is 33.0. The zero-order valence-electron chi connectivity index (χ0n) is 57.4. The van der Waals surface area contributed by atoms with Crippen LogP contribution < -0.4 is 16.0 Å². The van der Waals surface area contributed by atoms with E-state index >= 15 is 0 Å². The van der Waals surface area contributed by atoms with Crippen molar-refractivity contribution in [2.45, 2.75) is 176 Å². The maximum Gasteiger partial charge on any atom is 0.315 e. The molecule has 2 saturated heterocycles. The van der Waals surface area contributed by atoms with Crippen LogP contribution in [0.1, 0.15) is 185 Å². The fraction of sp³-hybridized carbons (Fsp3) is 0.403. The van der Waals surface area contributed by atoms with E-state index in [0.29, 0.717) is 39.8 Å². The summed E-state index contributed by atoms with van der Waals surface area (Å²) < 4.78 is 11.7. The number of halogens is 3. The molecule has 0 bridgehead atoms. The molecule has 0 saturated carbocycles. The molecule has 99 heavy (non-hydrogen) atoms. The highest BCUT2D eigenvalue weighted by atomic mass is 35.5. The molecule has 3 aromatic carbocycles. The average molecular weight is 1470 g/mol. The van der Waals surface area contributed by atoms with Gasteiger partial charge in [-0.2, -0.15) is 11.8 Å². The predicted molar refractivity (Wildman–Crippen MR) is 397 cm³/mol. The number of esters is 1. The molecule has 27 heteroatoms. The van der Waals surface area contributed by atoms with Gasteiger partial charge >= 0.3 is 12.0 Å². The largest absolute Gasteiger partial charge is 0.460 e. The number of carbonyl (C=O) groups excluding carboxylic acids is 4. The fourth-order valence-corrected chi connectivity index (χ4v) is 18.4. The number of ether oxygens (including phenoxy) is 1. The molecule has 9 aromatic rings. The Kier molecular flexibility index (Phi) is 20.9. The molecule has 20 nitrogen and oxygen atoms in total. The number of hydrogen-bond donors (Lipinski definition) is 3. The summed E-state index contributed by atoms with van der Waals surface area (Å²) >= 11 is 25.4. The summed E-state index contributed by atoms with van der Waals surface area (Å²) in [6.07, 6.45) is 5.37. The summed E-state index contributed by atoms with van der Waals surface area (Å²) in [6, 6.07) is 22.4. The molecule has 516 valence electrons. The number of nitrogens with one attached hydrogen (secondary N) is 3. The summed E-state index contributed by atoms with van der Waals surface area (Å²) in [5.41, 5.74) is 11.3. The zero-order chi connectivity index (χ0) is 70.5. The van der Waals surface area contributed by atoms with Crippen molar-refractivity contribution >= 4 is 121 Å². The number of aromatic nitrogens is 9. The van der Waals surface area contributed by atoms with E-state index in [1.807, 2.05) is 128 Å². The number of thiophene rings is 3. The molecule has 0 aliphatic carbocycles. The van der Waals surface area contributed by atoms with Gasteiger partial charge in [-0.1, -0.05) is 77.6 Å². The van der Waals surface area contributed by atoms with E-state index in [1.165, 1.54) is 25.8 Å². The molecule has 0 radical (unpaired) electrons. The van der Waals surface area contributed by atoms with Gasteiger partial charge in [-0.25, -0.2) is 4.79 Å². The van der Waals surface area contributed by atoms with Crippen molar-refractivity contribution in [2.24, 2.45) is 15.0 Å². The van der Waals surface area contributed by atoms with E-state index in [1.54, 1.807) is 40.3 Å². The van der Waals surface area contributed by atoms with Crippen LogP contribution in [0.15, 0.2) is 94.1 Å². The Morgan fingerprint density at radius 1 is 0.626 bits per heavy atom. The molecular formula is C72H78Cl3N15O5S4. The highest BCUT2D eigenvalue weighted by molar-refractivity contribution is 8.00. The van der Waals surface area contributed by atoms with Gasteiger partial charge in [-0.3, -0.25) is 43.1 Å². The molecule has 5 atom stereocenters. The third-order valence-electron chi connectivity index (χ3n) is 18.2. The lowest BCUT2D eigenvalue weighted by Crippen LogP contribution is -2.36. The maximum atomic E-state index is 13.2. The number of amides is 3. The van der Waals surface area contributed by atoms with Gasteiger partial charge in [-0.05, 0) is 156 Å². The van der Waals surface area contributed by atoms with E-state index in [9.17, 15) is 19.2 Å². The fourth-order valence-electron chi connectivity index (χ4n) is 12.9. The van der Waals surface area contributed by atoms with Gasteiger partial charge in [0.1, 0.15) is 62.0 Å². The standard InChI is InChI=1S/C31H36ClN7O3S2.C22H23ClN4O2S.C19H19ClN4S/c1-16-17(2)44-30-26(16)27(19-8-10-20(32)11-9-19)34-22(29-38-37-18(3)39(29)30)14-25(41)33-13-12-21(40)6-4-5-7-24-28-23(15-43-24)35-31(42)36-28;1-12-13(2)30-21-18(12)19(14-6-8-15(23)9-7-14)25-16(20-26-24-11-27(20)21)10-17(28)29-22(3,4)5;1-10-11(2)25-17-15(10)16(13-6-8-14(20)9-7-13)21-19(4,5)18-23-22-12(3)24(17)18/h8-11,22-24,28H,4-7,12-15H2,1-3H3,(H,33,41)(H2,35,36,42);6-9,11,16H,10H2,1-5H3;6-9H,1-5H3/t22?,23-,24+,28-;16-;/m10./s1. The number of benzene rings is 3. The number of rotatable bonds is 15. The quantitative estimate of drug-likeness (QED) is 0.0493. The first-order valence-electron chi connectivity index (χ1n) is 32.9. The van der Waals surface area contributed by atoms with E-state index < -0.39 is 23.2 Å². The third-order valence-corrected chi connectivity index (χ3v) is 24.0. The number of aryl methyl sites for hydroxylation is 5. The van der Waals surface area contributed by atoms with Crippen LogP contribution in [0.5, 0.6) is 0 Å². The van der Waals surface area contributed by atoms with Crippen molar-refractivity contribution in [3.63, 3.8) is 0 Å². The van der Waals surface area contributed by atoms with Crippen molar-refractivity contribution in [1.82, 2.24) is 60.2 Å². The van der Waals surface area contributed by atoms with Gasteiger partial charge in [-0.15, -0.1) is 64.6 Å². The Morgan fingerprint density at radius 2 is 1.14 bits per heavy atom. The van der Waals surface area contributed by atoms with E-state index in [4.69, 9.17) is 54.5 Å². The van der Waals surface area contributed by atoms with Crippen molar-refractivity contribution in [2.75, 3.05) is 12.3 Å². The Balaban J connectivity index is 0.000000148. The molecular weight excluding hydrogens is 1390 g/mol. The SMILES string of the molecule is Cc1sc2c(c1C)C(c1ccc(Cl)cc1)=NC(C)(C)c1nnc(C)n1-2.Cc1sc2c(c1C)C(c1ccc(Cl)cc1)=NC(CC(=O)NCCC(=O)CCCC[C@@H]1SC[C@H]3NC(=O)N[C@@H]13)c1nnc(C)n1-2.Cc1sc2c(c1C)C(c1ccc(Cl)cc1)=N[C@@H](CC(=O)OC(C)(C)C)c1nncn1-2. The third kappa shape index (κ3) is 15.0. The molecule has 5 aliphatic rings. The predicted octanol–water partition coefficient (Wildman–Crippen LogP) is 15.2. The minimum absolute atomic E-state index is 0.0750. The highest BCUT2D eigenvalue weighted by Crippen LogP contribution is 2.44. The van der Waals surface area contributed by atoms with Crippen molar-refractivity contribution in [3.05, 3.63) is 188 Å². The summed E-state index contributed by atoms with van der Waals surface area (Å²) in [6.45, 7) is 26.6.